The number of hydrogen-bond acceptors (Lipinski definition) is 1. The van der Waals surface area contributed by atoms with Crippen molar-refractivity contribution in [3.63, 3.8) is 0 Å². The predicted molar refractivity (Wildman–Crippen MR) is 78.9 cm³/mol. The fourth-order valence-corrected chi connectivity index (χ4v) is 2.23. The molecule has 0 aromatic heterocycles. The summed E-state index contributed by atoms with van der Waals surface area (Å²) in [5.41, 5.74) is 2.92. The topological polar surface area (TPSA) is 12.0 Å². The average molecular weight is 257 g/mol. The number of rotatable bonds is 5. The summed E-state index contributed by atoms with van der Waals surface area (Å²) in [7, 11) is 0. The van der Waals surface area contributed by atoms with E-state index in [0.717, 1.165) is 18.5 Å². The molecule has 2 aromatic rings. The van der Waals surface area contributed by atoms with Gasteiger partial charge in [0.25, 0.3) is 0 Å². The highest BCUT2D eigenvalue weighted by atomic mass is 19.1. The van der Waals surface area contributed by atoms with Crippen LogP contribution in [0.15, 0.2) is 48.5 Å². The third-order valence-electron chi connectivity index (χ3n) is 3.28. The zero-order valence-electron chi connectivity index (χ0n) is 11.5. The van der Waals surface area contributed by atoms with Crippen LogP contribution in [0, 0.1) is 12.7 Å². The van der Waals surface area contributed by atoms with E-state index in [-0.39, 0.29) is 11.9 Å². The lowest BCUT2D eigenvalue weighted by Crippen LogP contribution is -2.10. The summed E-state index contributed by atoms with van der Waals surface area (Å²) in [6, 6.07) is 15.8. The molecule has 1 nitrogen and oxygen atoms in total. The minimum Gasteiger partial charge on any atom is -0.378 e. The van der Waals surface area contributed by atoms with E-state index in [4.69, 9.17) is 0 Å². The molecule has 0 amide bonds. The van der Waals surface area contributed by atoms with E-state index < -0.39 is 0 Å². The lowest BCUT2D eigenvalue weighted by Gasteiger charge is -2.20. The molecule has 1 N–H and O–H groups in total. The van der Waals surface area contributed by atoms with Crippen LogP contribution >= 0.6 is 0 Å². The van der Waals surface area contributed by atoms with Gasteiger partial charge in [0.2, 0.25) is 0 Å². The molecule has 2 heteroatoms. The molecule has 0 saturated carbocycles. The van der Waals surface area contributed by atoms with Gasteiger partial charge in [0.1, 0.15) is 5.82 Å². The molecule has 0 heterocycles. The third-order valence-corrected chi connectivity index (χ3v) is 3.28. The van der Waals surface area contributed by atoms with Crippen LogP contribution in [0.2, 0.25) is 0 Å². The van der Waals surface area contributed by atoms with Gasteiger partial charge in [-0.2, -0.15) is 0 Å². The van der Waals surface area contributed by atoms with Crippen LogP contribution in [-0.4, -0.2) is 0 Å². The standard InChI is InChI=1S/C17H20FN/c1-3-7-17(14-8-5-4-6-9-14)19-15-10-11-16(18)13(2)12-15/h4-6,8-12,17,19H,3,7H2,1-2H3. The lowest BCUT2D eigenvalue weighted by atomic mass is 10.0. The Morgan fingerprint density at radius 1 is 1.11 bits per heavy atom. The minimum absolute atomic E-state index is 0.155. The van der Waals surface area contributed by atoms with Crippen molar-refractivity contribution in [1.29, 1.82) is 0 Å². The molecular weight excluding hydrogens is 237 g/mol. The maximum Gasteiger partial charge on any atom is 0.126 e. The fourth-order valence-electron chi connectivity index (χ4n) is 2.23. The van der Waals surface area contributed by atoms with Crippen molar-refractivity contribution >= 4 is 5.69 Å². The first-order chi connectivity index (χ1) is 9.20. The number of aryl methyl sites for hydroxylation is 1. The first kappa shape index (κ1) is 13.6. The highest BCUT2D eigenvalue weighted by molar-refractivity contribution is 5.48. The molecule has 0 radical (unpaired) electrons. The molecule has 0 aliphatic rings. The first-order valence-corrected chi connectivity index (χ1v) is 6.78. The van der Waals surface area contributed by atoms with Gasteiger partial charge in [-0.25, -0.2) is 4.39 Å². The summed E-state index contributed by atoms with van der Waals surface area (Å²) < 4.78 is 13.3. The van der Waals surface area contributed by atoms with E-state index in [1.54, 1.807) is 13.0 Å². The Kier molecular flexibility index (Phi) is 4.56. The highest BCUT2D eigenvalue weighted by Gasteiger charge is 2.10. The summed E-state index contributed by atoms with van der Waals surface area (Å²) in [6.07, 6.45) is 2.16. The Hall–Kier alpha value is -1.83. The molecule has 0 bridgehead atoms. The average Bonchev–Trinajstić information content (AvgIpc) is 2.43. The second-order valence-corrected chi connectivity index (χ2v) is 4.86. The molecule has 19 heavy (non-hydrogen) atoms. The minimum atomic E-state index is -0.155. The van der Waals surface area contributed by atoms with Gasteiger partial charge in [-0.05, 0) is 42.7 Å². The molecular formula is C17H20FN. The van der Waals surface area contributed by atoms with Crippen molar-refractivity contribution in [2.24, 2.45) is 0 Å². The van der Waals surface area contributed by atoms with Crippen molar-refractivity contribution in [2.45, 2.75) is 32.7 Å². The Balaban J connectivity index is 2.19. The molecule has 0 saturated heterocycles. The van der Waals surface area contributed by atoms with E-state index in [1.165, 1.54) is 11.6 Å². The number of halogens is 1. The molecule has 2 rings (SSSR count). The number of nitrogens with one attached hydrogen (secondary N) is 1. The van der Waals surface area contributed by atoms with Crippen LogP contribution in [0.5, 0.6) is 0 Å². The van der Waals surface area contributed by atoms with Crippen LogP contribution in [0.4, 0.5) is 10.1 Å². The van der Waals surface area contributed by atoms with E-state index in [0.29, 0.717) is 5.56 Å². The Morgan fingerprint density at radius 3 is 2.47 bits per heavy atom. The molecule has 0 aliphatic heterocycles. The van der Waals surface area contributed by atoms with Gasteiger partial charge in [-0.3, -0.25) is 0 Å². The van der Waals surface area contributed by atoms with E-state index in [9.17, 15) is 4.39 Å². The van der Waals surface area contributed by atoms with Crippen molar-refractivity contribution in [3.05, 3.63) is 65.5 Å². The summed E-state index contributed by atoms with van der Waals surface area (Å²) in [5.74, 6) is -0.155. The first-order valence-electron chi connectivity index (χ1n) is 6.78. The van der Waals surface area contributed by atoms with E-state index in [2.05, 4.69) is 36.5 Å². The molecule has 0 spiro atoms. The summed E-state index contributed by atoms with van der Waals surface area (Å²) >= 11 is 0. The van der Waals surface area contributed by atoms with E-state index >= 15 is 0 Å². The van der Waals surface area contributed by atoms with Gasteiger partial charge >= 0.3 is 0 Å². The zero-order chi connectivity index (χ0) is 13.7. The molecule has 1 atom stereocenters. The van der Waals surface area contributed by atoms with Crippen molar-refractivity contribution in [1.82, 2.24) is 0 Å². The maximum atomic E-state index is 13.3. The van der Waals surface area contributed by atoms with Gasteiger partial charge in [-0.15, -0.1) is 0 Å². The predicted octanol–water partition coefficient (Wildman–Crippen LogP) is 5.09. The van der Waals surface area contributed by atoms with Crippen LogP contribution in [0.25, 0.3) is 0 Å². The molecule has 1 unspecified atom stereocenters. The highest BCUT2D eigenvalue weighted by Crippen LogP contribution is 2.24. The maximum absolute atomic E-state index is 13.3. The Bertz CT molecular complexity index is 522. The van der Waals surface area contributed by atoms with Crippen molar-refractivity contribution < 1.29 is 4.39 Å². The zero-order valence-corrected chi connectivity index (χ0v) is 11.5. The molecule has 100 valence electrons. The molecule has 0 fully saturated rings. The molecule has 2 aromatic carbocycles. The largest absolute Gasteiger partial charge is 0.378 e. The summed E-state index contributed by atoms with van der Waals surface area (Å²) in [5, 5.41) is 3.50. The summed E-state index contributed by atoms with van der Waals surface area (Å²) in [4.78, 5) is 0. The normalized spacial score (nSPS) is 12.2. The Morgan fingerprint density at radius 2 is 1.84 bits per heavy atom. The quantitative estimate of drug-likeness (QED) is 0.787. The lowest BCUT2D eigenvalue weighted by molar-refractivity contribution is 0.618. The number of benzene rings is 2. The monoisotopic (exact) mass is 257 g/mol. The van der Waals surface area contributed by atoms with Gasteiger partial charge in [0.05, 0.1) is 6.04 Å². The number of hydrogen-bond donors (Lipinski definition) is 1. The van der Waals surface area contributed by atoms with Gasteiger partial charge in [0.15, 0.2) is 0 Å². The fraction of sp³-hybridized carbons (Fsp3) is 0.294. The van der Waals surface area contributed by atoms with E-state index in [1.807, 2.05) is 12.1 Å². The van der Waals surface area contributed by atoms with Gasteiger partial charge < -0.3 is 5.32 Å². The summed E-state index contributed by atoms with van der Waals surface area (Å²) in [6.45, 7) is 3.96. The van der Waals surface area contributed by atoms with Crippen LogP contribution in [0.1, 0.15) is 36.9 Å². The smallest absolute Gasteiger partial charge is 0.126 e. The van der Waals surface area contributed by atoms with Crippen molar-refractivity contribution in [3.8, 4) is 0 Å². The van der Waals surface area contributed by atoms with Crippen LogP contribution in [0.3, 0.4) is 0 Å². The van der Waals surface area contributed by atoms with Crippen LogP contribution < -0.4 is 5.32 Å². The Labute approximate surface area is 114 Å². The second kappa shape index (κ2) is 6.37. The second-order valence-electron chi connectivity index (χ2n) is 4.86. The number of anilines is 1. The SMILES string of the molecule is CCCC(Nc1ccc(F)c(C)c1)c1ccccc1. The van der Waals surface area contributed by atoms with Gasteiger partial charge in [-0.1, -0.05) is 43.7 Å². The van der Waals surface area contributed by atoms with Gasteiger partial charge in [0, 0.05) is 5.69 Å². The van der Waals surface area contributed by atoms with Crippen LogP contribution in [-0.2, 0) is 0 Å². The molecule has 0 aliphatic carbocycles. The third kappa shape index (κ3) is 3.57. The van der Waals surface area contributed by atoms with Crippen molar-refractivity contribution in [2.75, 3.05) is 5.32 Å².